The number of carbonyl (C=O) groups is 2. The van der Waals surface area contributed by atoms with Gasteiger partial charge in [0.15, 0.2) is 0 Å². The van der Waals surface area contributed by atoms with Crippen LogP contribution in [0.3, 0.4) is 0 Å². The number of amides is 2. The van der Waals surface area contributed by atoms with Crippen molar-refractivity contribution in [1.29, 1.82) is 0 Å². The number of piperazine rings is 1. The highest BCUT2D eigenvalue weighted by Gasteiger charge is 2.45. The molecule has 4 heteroatoms. The van der Waals surface area contributed by atoms with Crippen molar-refractivity contribution < 1.29 is 9.59 Å². The average Bonchev–Trinajstić information content (AvgIpc) is 2.32. The van der Waals surface area contributed by atoms with E-state index in [0.29, 0.717) is 5.92 Å². The maximum absolute atomic E-state index is 12.9. The van der Waals surface area contributed by atoms with Crippen molar-refractivity contribution in [3.05, 3.63) is 0 Å². The van der Waals surface area contributed by atoms with Crippen molar-refractivity contribution in [2.75, 3.05) is 6.54 Å². The van der Waals surface area contributed by atoms with Gasteiger partial charge in [-0.3, -0.25) is 9.59 Å². The van der Waals surface area contributed by atoms with E-state index in [2.05, 4.69) is 26.1 Å². The van der Waals surface area contributed by atoms with Gasteiger partial charge in [0.1, 0.15) is 12.1 Å². The minimum Gasteiger partial charge on any atom is -0.342 e. The summed E-state index contributed by atoms with van der Waals surface area (Å²) in [7, 11) is 0. The van der Waals surface area contributed by atoms with E-state index in [9.17, 15) is 9.59 Å². The van der Waals surface area contributed by atoms with Gasteiger partial charge in [-0.2, -0.15) is 0 Å². The summed E-state index contributed by atoms with van der Waals surface area (Å²) in [6.07, 6.45) is 4.30. The topological polar surface area (TPSA) is 49.4 Å². The van der Waals surface area contributed by atoms with E-state index in [1.165, 1.54) is 6.42 Å². The zero-order valence-corrected chi connectivity index (χ0v) is 14.1. The average molecular weight is 294 g/mol. The monoisotopic (exact) mass is 294 g/mol. The molecule has 0 aromatic heterocycles. The lowest BCUT2D eigenvalue weighted by Gasteiger charge is -2.48. The molecule has 21 heavy (non-hydrogen) atoms. The lowest BCUT2D eigenvalue weighted by atomic mass is 9.69. The molecule has 1 aliphatic heterocycles. The van der Waals surface area contributed by atoms with Gasteiger partial charge < -0.3 is 10.2 Å². The first-order valence-electron chi connectivity index (χ1n) is 8.34. The Hall–Kier alpha value is -1.06. The molecule has 0 bridgehead atoms. The quantitative estimate of drug-likeness (QED) is 0.847. The van der Waals surface area contributed by atoms with Gasteiger partial charge in [0, 0.05) is 6.54 Å². The van der Waals surface area contributed by atoms with Crippen molar-refractivity contribution in [3.8, 4) is 0 Å². The molecule has 120 valence electrons. The number of hydrogen-bond donors (Lipinski definition) is 1. The number of nitrogens with one attached hydrogen (secondary N) is 1. The lowest BCUT2D eigenvalue weighted by Crippen LogP contribution is -2.66. The Bertz CT molecular complexity index is 413. The van der Waals surface area contributed by atoms with Crippen molar-refractivity contribution >= 4 is 11.8 Å². The normalized spacial score (nSPS) is 28.8. The van der Waals surface area contributed by atoms with Crippen LogP contribution in [0.15, 0.2) is 0 Å². The van der Waals surface area contributed by atoms with Crippen LogP contribution in [0.2, 0.25) is 0 Å². The van der Waals surface area contributed by atoms with Crippen LogP contribution in [-0.2, 0) is 9.59 Å². The number of carbonyl (C=O) groups excluding carboxylic acids is 2. The van der Waals surface area contributed by atoms with E-state index >= 15 is 0 Å². The second-order valence-corrected chi connectivity index (χ2v) is 8.01. The third-order valence-corrected chi connectivity index (χ3v) is 4.95. The van der Waals surface area contributed by atoms with E-state index in [0.717, 1.165) is 25.8 Å². The van der Waals surface area contributed by atoms with Gasteiger partial charge in [-0.25, -0.2) is 0 Å². The van der Waals surface area contributed by atoms with Crippen LogP contribution in [0, 0.1) is 17.3 Å². The third kappa shape index (κ3) is 3.41. The number of hydrogen-bond acceptors (Lipinski definition) is 2. The SMILES string of the molecule is CC(C)CC1NC(=O)C(C(C)C)N(CC2(C)CCC2)C1=O. The Labute approximate surface area is 128 Å². The van der Waals surface area contributed by atoms with Crippen LogP contribution in [0.4, 0.5) is 0 Å². The molecule has 0 spiro atoms. The molecule has 4 nitrogen and oxygen atoms in total. The zero-order valence-electron chi connectivity index (χ0n) is 14.1. The smallest absolute Gasteiger partial charge is 0.245 e. The third-order valence-electron chi connectivity index (χ3n) is 4.95. The number of rotatable bonds is 5. The van der Waals surface area contributed by atoms with Gasteiger partial charge in [0.05, 0.1) is 0 Å². The van der Waals surface area contributed by atoms with Crippen LogP contribution in [0.5, 0.6) is 0 Å². The van der Waals surface area contributed by atoms with E-state index in [4.69, 9.17) is 0 Å². The fourth-order valence-corrected chi connectivity index (χ4v) is 3.62. The van der Waals surface area contributed by atoms with Crippen molar-refractivity contribution in [3.63, 3.8) is 0 Å². The molecule has 1 aliphatic carbocycles. The summed E-state index contributed by atoms with van der Waals surface area (Å²) in [5.74, 6) is 0.696. The van der Waals surface area contributed by atoms with Gasteiger partial charge >= 0.3 is 0 Å². The molecule has 2 aliphatic rings. The standard InChI is InChI=1S/C17H30N2O2/c1-11(2)9-13-16(21)19(10-17(5)7-6-8-17)14(12(3)4)15(20)18-13/h11-14H,6-10H2,1-5H3,(H,18,20). The maximum Gasteiger partial charge on any atom is 0.245 e. The Balaban J connectivity index is 2.19. The molecule has 2 amide bonds. The molecule has 0 aromatic rings. The first-order valence-corrected chi connectivity index (χ1v) is 8.34. The van der Waals surface area contributed by atoms with E-state index in [-0.39, 0.29) is 35.2 Å². The van der Waals surface area contributed by atoms with Crippen molar-refractivity contribution in [2.24, 2.45) is 17.3 Å². The lowest BCUT2D eigenvalue weighted by molar-refractivity contribution is -0.154. The summed E-state index contributed by atoms with van der Waals surface area (Å²) in [6, 6.07) is -0.644. The van der Waals surface area contributed by atoms with Crippen LogP contribution < -0.4 is 5.32 Å². The predicted molar refractivity (Wildman–Crippen MR) is 83.7 cm³/mol. The Morgan fingerprint density at radius 2 is 1.86 bits per heavy atom. The Morgan fingerprint density at radius 1 is 1.24 bits per heavy atom. The molecule has 2 unspecified atom stereocenters. The molecule has 1 saturated carbocycles. The molecule has 1 N–H and O–H groups in total. The summed E-state index contributed by atoms with van der Waals surface area (Å²) < 4.78 is 0. The summed E-state index contributed by atoms with van der Waals surface area (Å²) in [5, 5.41) is 2.95. The predicted octanol–water partition coefficient (Wildman–Crippen LogP) is 2.57. The highest BCUT2D eigenvalue weighted by molar-refractivity contribution is 5.97. The molecule has 2 rings (SSSR count). The molecule has 2 atom stereocenters. The minimum absolute atomic E-state index is 0.0261. The van der Waals surface area contributed by atoms with Crippen LogP contribution in [-0.4, -0.2) is 35.3 Å². The molecule has 1 heterocycles. The highest BCUT2D eigenvalue weighted by Crippen LogP contribution is 2.42. The Kier molecular flexibility index (Phi) is 4.64. The molecule has 0 radical (unpaired) electrons. The van der Waals surface area contributed by atoms with Crippen LogP contribution >= 0.6 is 0 Å². The van der Waals surface area contributed by atoms with Crippen LogP contribution in [0.1, 0.15) is 60.3 Å². The van der Waals surface area contributed by atoms with Gasteiger partial charge in [-0.05, 0) is 36.5 Å². The maximum atomic E-state index is 12.9. The second-order valence-electron chi connectivity index (χ2n) is 8.01. The molecule has 0 aromatic carbocycles. The van der Waals surface area contributed by atoms with Crippen LogP contribution in [0.25, 0.3) is 0 Å². The fraction of sp³-hybridized carbons (Fsp3) is 0.882. The fourth-order valence-electron chi connectivity index (χ4n) is 3.62. The largest absolute Gasteiger partial charge is 0.342 e. The molecule has 2 fully saturated rings. The molecular weight excluding hydrogens is 264 g/mol. The zero-order chi connectivity index (χ0) is 15.8. The summed E-state index contributed by atoms with van der Waals surface area (Å²) >= 11 is 0. The first-order chi connectivity index (χ1) is 9.73. The van der Waals surface area contributed by atoms with Gasteiger partial charge in [0.2, 0.25) is 11.8 Å². The Morgan fingerprint density at radius 3 is 2.29 bits per heavy atom. The first kappa shape index (κ1) is 16.3. The van der Waals surface area contributed by atoms with Crippen molar-refractivity contribution in [1.82, 2.24) is 10.2 Å². The van der Waals surface area contributed by atoms with Gasteiger partial charge in [-0.15, -0.1) is 0 Å². The summed E-state index contributed by atoms with van der Waals surface area (Å²) in [4.78, 5) is 27.2. The molecular formula is C17H30N2O2. The molecule has 1 saturated heterocycles. The second kappa shape index (κ2) is 5.98. The minimum atomic E-state index is -0.337. The highest BCUT2D eigenvalue weighted by atomic mass is 16.2. The van der Waals surface area contributed by atoms with Gasteiger partial charge in [-0.1, -0.05) is 41.0 Å². The van der Waals surface area contributed by atoms with Gasteiger partial charge in [0.25, 0.3) is 0 Å². The summed E-state index contributed by atoms with van der Waals surface area (Å²) in [6.45, 7) is 11.2. The summed E-state index contributed by atoms with van der Waals surface area (Å²) in [5.41, 5.74) is 0.211. The number of nitrogens with zero attached hydrogens (tertiary/aromatic N) is 1. The van der Waals surface area contributed by atoms with E-state index < -0.39 is 0 Å². The van der Waals surface area contributed by atoms with Crippen molar-refractivity contribution in [2.45, 2.75) is 72.4 Å². The van der Waals surface area contributed by atoms with E-state index in [1.807, 2.05) is 18.7 Å². The van der Waals surface area contributed by atoms with E-state index in [1.54, 1.807) is 0 Å².